The number of hydrogen-bond acceptors (Lipinski definition) is 3. The highest BCUT2D eigenvalue weighted by atomic mass is 79.9. The molecule has 2 fully saturated rings. The predicted molar refractivity (Wildman–Crippen MR) is 101 cm³/mol. The lowest BCUT2D eigenvalue weighted by Crippen LogP contribution is -2.54. The summed E-state index contributed by atoms with van der Waals surface area (Å²) in [5.74, 6) is -0.617. The van der Waals surface area contributed by atoms with Gasteiger partial charge in [-0.15, -0.1) is 0 Å². The van der Waals surface area contributed by atoms with Crippen LogP contribution in [0.5, 0.6) is 0 Å². The van der Waals surface area contributed by atoms with E-state index in [-0.39, 0.29) is 18.4 Å². The van der Waals surface area contributed by atoms with Crippen molar-refractivity contribution in [1.82, 2.24) is 10.2 Å². The molecule has 1 spiro atoms. The minimum absolute atomic E-state index is 0.0754. The molecule has 0 aromatic heterocycles. The van der Waals surface area contributed by atoms with Gasteiger partial charge in [0.05, 0.1) is 5.69 Å². The second-order valence-corrected chi connectivity index (χ2v) is 8.38. The van der Waals surface area contributed by atoms with Crippen molar-refractivity contribution >= 4 is 55.4 Å². The molecule has 2 atom stereocenters. The minimum Gasteiger partial charge on any atom is -0.323 e. The maximum absolute atomic E-state index is 12.8. The van der Waals surface area contributed by atoms with E-state index in [4.69, 9.17) is 0 Å². The highest BCUT2D eigenvalue weighted by Gasteiger charge is 2.55. The lowest BCUT2D eigenvalue weighted by molar-refractivity contribution is -0.136. The fraction of sp³-hybridized carbons (Fsp3) is 0.471. The summed E-state index contributed by atoms with van der Waals surface area (Å²) in [5, 5.41) is 5.58. The van der Waals surface area contributed by atoms with E-state index in [9.17, 15) is 14.4 Å². The van der Waals surface area contributed by atoms with Gasteiger partial charge in [0.15, 0.2) is 0 Å². The van der Waals surface area contributed by atoms with Crippen molar-refractivity contribution in [3.63, 3.8) is 0 Å². The first-order chi connectivity index (χ1) is 11.8. The van der Waals surface area contributed by atoms with Crippen molar-refractivity contribution in [1.29, 1.82) is 0 Å². The molecule has 0 radical (unpaired) electrons. The van der Waals surface area contributed by atoms with Crippen LogP contribution in [0.1, 0.15) is 32.6 Å². The molecule has 1 saturated heterocycles. The lowest BCUT2D eigenvalue weighted by Gasteiger charge is -2.36. The molecular formula is C17H19Br2N3O3. The SMILES string of the molecule is CC1CCCCC12NC(=O)N(CC(=O)Nc1ccc(Br)cc1Br)C2=O. The maximum Gasteiger partial charge on any atom is 0.325 e. The van der Waals surface area contributed by atoms with Crippen LogP contribution >= 0.6 is 31.9 Å². The van der Waals surface area contributed by atoms with Crippen molar-refractivity contribution in [3.05, 3.63) is 27.1 Å². The van der Waals surface area contributed by atoms with E-state index < -0.39 is 17.5 Å². The van der Waals surface area contributed by atoms with E-state index in [1.807, 2.05) is 13.0 Å². The van der Waals surface area contributed by atoms with Gasteiger partial charge < -0.3 is 10.6 Å². The summed E-state index contributed by atoms with van der Waals surface area (Å²) in [4.78, 5) is 38.5. The Morgan fingerprint density at radius 3 is 2.80 bits per heavy atom. The summed E-state index contributed by atoms with van der Waals surface area (Å²) in [5.41, 5.74) is -0.255. The van der Waals surface area contributed by atoms with E-state index in [2.05, 4.69) is 42.5 Å². The van der Waals surface area contributed by atoms with Gasteiger partial charge in [-0.25, -0.2) is 4.79 Å². The number of nitrogens with zero attached hydrogens (tertiary/aromatic N) is 1. The topological polar surface area (TPSA) is 78.5 Å². The molecule has 0 bridgehead atoms. The first-order valence-electron chi connectivity index (χ1n) is 8.22. The highest BCUT2D eigenvalue weighted by molar-refractivity contribution is 9.11. The van der Waals surface area contributed by atoms with E-state index >= 15 is 0 Å². The molecule has 2 unspecified atom stereocenters. The van der Waals surface area contributed by atoms with Crippen LogP contribution in [0, 0.1) is 5.92 Å². The van der Waals surface area contributed by atoms with Crippen LogP contribution in [0.2, 0.25) is 0 Å². The Balaban J connectivity index is 1.71. The first-order valence-corrected chi connectivity index (χ1v) is 9.81. The molecule has 1 aliphatic heterocycles. The Morgan fingerprint density at radius 2 is 2.12 bits per heavy atom. The number of anilines is 1. The summed E-state index contributed by atoms with van der Waals surface area (Å²) in [6, 6.07) is 4.86. The molecule has 1 aliphatic carbocycles. The number of nitrogens with one attached hydrogen (secondary N) is 2. The number of hydrogen-bond donors (Lipinski definition) is 2. The number of carbonyl (C=O) groups excluding carboxylic acids is 3. The average molecular weight is 473 g/mol. The van der Waals surface area contributed by atoms with Crippen LogP contribution in [0.4, 0.5) is 10.5 Å². The average Bonchev–Trinajstić information content (AvgIpc) is 2.78. The van der Waals surface area contributed by atoms with Gasteiger partial charge in [0.25, 0.3) is 5.91 Å². The Kier molecular flexibility index (Phi) is 5.20. The number of rotatable bonds is 3. The van der Waals surface area contributed by atoms with Gasteiger partial charge in [-0.3, -0.25) is 14.5 Å². The number of benzene rings is 1. The molecule has 1 aromatic carbocycles. The van der Waals surface area contributed by atoms with Crippen LogP contribution in [-0.4, -0.2) is 34.8 Å². The molecule has 3 rings (SSSR count). The lowest BCUT2D eigenvalue weighted by atomic mass is 9.73. The first kappa shape index (κ1) is 18.4. The molecule has 2 N–H and O–H groups in total. The molecule has 6 nitrogen and oxygen atoms in total. The summed E-state index contributed by atoms with van der Waals surface area (Å²) >= 11 is 6.72. The number of urea groups is 1. The summed E-state index contributed by atoms with van der Waals surface area (Å²) in [7, 11) is 0. The molecule has 134 valence electrons. The van der Waals surface area contributed by atoms with Gasteiger partial charge in [-0.1, -0.05) is 35.7 Å². The van der Waals surface area contributed by atoms with Crippen LogP contribution in [0.15, 0.2) is 27.1 Å². The second kappa shape index (κ2) is 7.07. The zero-order valence-corrected chi connectivity index (χ0v) is 16.9. The van der Waals surface area contributed by atoms with E-state index in [1.54, 1.807) is 12.1 Å². The predicted octanol–water partition coefficient (Wildman–Crippen LogP) is 3.65. The standard InChI is InChI=1S/C17H19Br2N3O3/c1-10-4-2-3-7-17(10)15(24)22(16(25)21-17)9-14(23)20-13-6-5-11(18)8-12(13)19/h5-6,8,10H,2-4,7,9H2,1H3,(H,20,23)(H,21,25). The normalized spacial score (nSPS) is 26.0. The molecule has 8 heteroatoms. The van der Waals surface area contributed by atoms with Gasteiger partial charge in [0, 0.05) is 8.95 Å². The molecule has 1 saturated carbocycles. The fourth-order valence-electron chi connectivity index (χ4n) is 3.56. The Bertz CT molecular complexity index is 740. The Hall–Kier alpha value is -1.41. The van der Waals surface area contributed by atoms with E-state index in [0.717, 1.165) is 28.6 Å². The van der Waals surface area contributed by atoms with Crippen LogP contribution in [0.25, 0.3) is 0 Å². The fourth-order valence-corrected chi connectivity index (χ4v) is 4.71. The number of amides is 4. The maximum atomic E-state index is 12.8. The third-order valence-corrected chi connectivity index (χ3v) is 6.16. The zero-order chi connectivity index (χ0) is 18.2. The van der Waals surface area contributed by atoms with Crippen molar-refractivity contribution in [2.75, 3.05) is 11.9 Å². The van der Waals surface area contributed by atoms with Crippen molar-refractivity contribution in [2.24, 2.45) is 5.92 Å². The molecule has 1 aromatic rings. The van der Waals surface area contributed by atoms with Gasteiger partial charge >= 0.3 is 6.03 Å². The molecular weight excluding hydrogens is 454 g/mol. The quantitative estimate of drug-likeness (QED) is 0.659. The van der Waals surface area contributed by atoms with Crippen molar-refractivity contribution in [3.8, 4) is 0 Å². The van der Waals surface area contributed by atoms with Crippen molar-refractivity contribution in [2.45, 2.75) is 38.1 Å². The smallest absolute Gasteiger partial charge is 0.323 e. The summed E-state index contributed by atoms with van der Waals surface area (Å²) in [6.07, 6.45) is 3.50. The van der Waals surface area contributed by atoms with Gasteiger partial charge in [-0.2, -0.15) is 0 Å². The van der Waals surface area contributed by atoms with Gasteiger partial charge in [-0.05, 0) is 52.9 Å². The Labute approximate surface area is 163 Å². The largest absolute Gasteiger partial charge is 0.325 e. The zero-order valence-electron chi connectivity index (χ0n) is 13.8. The summed E-state index contributed by atoms with van der Waals surface area (Å²) < 4.78 is 1.59. The van der Waals surface area contributed by atoms with E-state index in [1.165, 1.54) is 0 Å². The third-order valence-electron chi connectivity index (χ3n) is 5.01. The monoisotopic (exact) mass is 471 g/mol. The molecule has 4 amide bonds. The van der Waals surface area contributed by atoms with Gasteiger partial charge in [0.2, 0.25) is 5.91 Å². The minimum atomic E-state index is -0.839. The van der Waals surface area contributed by atoms with Crippen molar-refractivity contribution < 1.29 is 14.4 Å². The Morgan fingerprint density at radius 1 is 1.36 bits per heavy atom. The molecule has 25 heavy (non-hydrogen) atoms. The van der Waals surface area contributed by atoms with Crippen LogP contribution in [0.3, 0.4) is 0 Å². The second-order valence-electron chi connectivity index (χ2n) is 6.61. The summed E-state index contributed by atoms with van der Waals surface area (Å²) in [6.45, 7) is 1.70. The number of halogens is 2. The van der Waals surface area contributed by atoms with Crippen LogP contribution < -0.4 is 10.6 Å². The highest BCUT2D eigenvalue weighted by Crippen LogP contribution is 2.38. The number of carbonyl (C=O) groups is 3. The number of imide groups is 1. The molecule has 1 heterocycles. The third kappa shape index (κ3) is 3.46. The van der Waals surface area contributed by atoms with Gasteiger partial charge in [0.1, 0.15) is 12.1 Å². The van der Waals surface area contributed by atoms with Crippen LogP contribution in [-0.2, 0) is 9.59 Å². The molecule has 2 aliphatic rings. The van der Waals surface area contributed by atoms with E-state index in [0.29, 0.717) is 16.6 Å².